The van der Waals surface area contributed by atoms with Crippen molar-refractivity contribution in [3.63, 3.8) is 0 Å². The number of anilines is 1. The van der Waals surface area contributed by atoms with Crippen molar-refractivity contribution in [1.29, 1.82) is 0 Å². The SMILES string of the molecule is CCCNCCCCN(C)c1cccc(F)c1. The molecule has 1 rings (SSSR count). The second-order valence-electron chi connectivity index (χ2n) is 4.36. The summed E-state index contributed by atoms with van der Waals surface area (Å²) in [6.07, 6.45) is 3.48. The first-order valence-electron chi connectivity index (χ1n) is 6.41. The molecule has 0 aromatic heterocycles. The summed E-state index contributed by atoms with van der Waals surface area (Å²) in [7, 11) is 2.01. The van der Waals surface area contributed by atoms with Crippen LogP contribution in [0.3, 0.4) is 0 Å². The maximum Gasteiger partial charge on any atom is 0.125 e. The second kappa shape index (κ2) is 8.07. The van der Waals surface area contributed by atoms with Crippen LogP contribution in [0.15, 0.2) is 24.3 Å². The lowest BCUT2D eigenvalue weighted by Gasteiger charge is -2.19. The Hall–Kier alpha value is -1.09. The van der Waals surface area contributed by atoms with Crippen LogP contribution >= 0.6 is 0 Å². The third kappa shape index (κ3) is 5.68. The van der Waals surface area contributed by atoms with Crippen LogP contribution in [0.5, 0.6) is 0 Å². The van der Waals surface area contributed by atoms with E-state index in [4.69, 9.17) is 0 Å². The number of unbranched alkanes of at least 4 members (excludes halogenated alkanes) is 1. The van der Waals surface area contributed by atoms with Gasteiger partial charge >= 0.3 is 0 Å². The van der Waals surface area contributed by atoms with Crippen LogP contribution in [0.2, 0.25) is 0 Å². The smallest absolute Gasteiger partial charge is 0.125 e. The normalized spacial score (nSPS) is 10.5. The molecule has 0 saturated carbocycles. The number of benzene rings is 1. The highest BCUT2D eigenvalue weighted by Gasteiger charge is 2.01. The molecular weight excluding hydrogens is 215 g/mol. The minimum atomic E-state index is -0.168. The highest BCUT2D eigenvalue weighted by molar-refractivity contribution is 5.45. The Kier molecular flexibility index (Phi) is 6.63. The largest absolute Gasteiger partial charge is 0.375 e. The van der Waals surface area contributed by atoms with Crippen molar-refractivity contribution >= 4 is 5.69 Å². The van der Waals surface area contributed by atoms with E-state index in [0.29, 0.717) is 0 Å². The lowest BCUT2D eigenvalue weighted by molar-refractivity contribution is 0.612. The van der Waals surface area contributed by atoms with Crippen molar-refractivity contribution < 1.29 is 4.39 Å². The molecule has 0 saturated heterocycles. The van der Waals surface area contributed by atoms with E-state index < -0.39 is 0 Å². The molecule has 17 heavy (non-hydrogen) atoms. The summed E-state index contributed by atoms with van der Waals surface area (Å²) in [5, 5.41) is 3.38. The van der Waals surface area contributed by atoms with E-state index in [0.717, 1.165) is 31.7 Å². The van der Waals surface area contributed by atoms with Crippen molar-refractivity contribution in [2.45, 2.75) is 26.2 Å². The van der Waals surface area contributed by atoms with Gasteiger partial charge in [0.2, 0.25) is 0 Å². The number of hydrogen-bond acceptors (Lipinski definition) is 2. The Balaban J connectivity index is 2.19. The Morgan fingerprint density at radius 2 is 2.06 bits per heavy atom. The number of nitrogens with zero attached hydrogens (tertiary/aromatic N) is 1. The molecule has 3 heteroatoms. The van der Waals surface area contributed by atoms with Gasteiger partial charge in [0.25, 0.3) is 0 Å². The van der Waals surface area contributed by atoms with Crippen molar-refractivity contribution in [3.05, 3.63) is 30.1 Å². The average molecular weight is 238 g/mol. The molecule has 0 aliphatic carbocycles. The van der Waals surface area contributed by atoms with Gasteiger partial charge in [0.05, 0.1) is 0 Å². The van der Waals surface area contributed by atoms with E-state index in [-0.39, 0.29) is 5.82 Å². The van der Waals surface area contributed by atoms with Gasteiger partial charge in [-0.1, -0.05) is 13.0 Å². The minimum absolute atomic E-state index is 0.168. The van der Waals surface area contributed by atoms with Gasteiger partial charge in [0.15, 0.2) is 0 Å². The van der Waals surface area contributed by atoms with Crippen molar-refractivity contribution in [1.82, 2.24) is 5.32 Å². The van der Waals surface area contributed by atoms with Crippen LogP contribution in [0.4, 0.5) is 10.1 Å². The van der Waals surface area contributed by atoms with Gasteiger partial charge in [0.1, 0.15) is 5.82 Å². The molecule has 1 aromatic rings. The standard InChI is InChI=1S/C14H23FN2/c1-3-9-16-10-4-5-11-17(2)14-8-6-7-13(15)12-14/h6-8,12,16H,3-5,9-11H2,1-2H3. The molecule has 0 unspecified atom stereocenters. The quantitative estimate of drug-likeness (QED) is 0.700. The minimum Gasteiger partial charge on any atom is -0.375 e. The highest BCUT2D eigenvalue weighted by atomic mass is 19.1. The van der Waals surface area contributed by atoms with Crippen LogP contribution in [0.1, 0.15) is 26.2 Å². The van der Waals surface area contributed by atoms with E-state index in [1.165, 1.54) is 18.9 Å². The predicted molar refractivity (Wildman–Crippen MR) is 72.1 cm³/mol. The number of halogens is 1. The summed E-state index contributed by atoms with van der Waals surface area (Å²) in [6, 6.07) is 6.75. The lowest BCUT2D eigenvalue weighted by Crippen LogP contribution is -2.21. The first-order valence-corrected chi connectivity index (χ1v) is 6.41. The molecule has 0 fully saturated rings. The van der Waals surface area contributed by atoms with E-state index in [1.807, 2.05) is 13.1 Å². The van der Waals surface area contributed by atoms with Crippen LogP contribution in [0, 0.1) is 5.82 Å². The van der Waals surface area contributed by atoms with Gasteiger partial charge in [-0.05, 0) is 50.6 Å². The molecule has 0 spiro atoms. The van der Waals surface area contributed by atoms with Crippen molar-refractivity contribution in [2.75, 3.05) is 31.6 Å². The molecule has 0 atom stereocenters. The molecule has 1 N–H and O–H groups in total. The fourth-order valence-corrected chi connectivity index (χ4v) is 1.74. The number of hydrogen-bond donors (Lipinski definition) is 1. The summed E-state index contributed by atoms with van der Waals surface area (Å²) >= 11 is 0. The number of nitrogens with one attached hydrogen (secondary N) is 1. The molecule has 0 amide bonds. The molecule has 2 nitrogen and oxygen atoms in total. The zero-order chi connectivity index (χ0) is 12.5. The van der Waals surface area contributed by atoms with Gasteiger partial charge in [0, 0.05) is 19.3 Å². The van der Waals surface area contributed by atoms with E-state index in [2.05, 4.69) is 17.1 Å². The molecule has 0 bridgehead atoms. The molecule has 96 valence electrons. The molecule has 0 heterocycles. The summed E-state index contributed by atoms with van der Waals surface area (Å²) in [5.74, 6) is -0.168. The Bertz CT molecular complexity index is 315. The Morgan fingerprint density at radius 1 is 1.24 bits per heavy atom. The molecular formula is C14H23FN2. The van der Waals surface area contributed by atoms with Crippen LogP contribution in [0.25, 0.3) is 0 Å². The summed E-state index contributed by atoms with van der Waals surface area (Å²) < 4.78 is 13.0. The second-order valence-corrected chi connectivity index (χ2v) is 4.36. The zero-order valence-corrected chi connectivity index (χ0v) is 10.9. The first kappa shape index (κ1) is 14.0. The van der Waals surface area contributed by atoms with Crippen LogP contribution in [-0.4, -0.2) is 26.7 Å². The summed E-state index contributed by atoms with van der Waals surface area (Å²) in [4.78, 5) is 2.10. The fourth-order valence-electron chi connectivity index (χ4n) is 1.74. The fraction of sp³-hybridized carbons (Fsp3) is 0.571. The summed E-state index contributed by atoms with van der Waals surface area (Å²) in [5.41, 5.74) is 0.950. The first-order chi connectivity index (χ1) is 8.24. The van der Waals surface area contributed by atoms with E-state index >= 15 is 0 Å². The van der Waals surface area contributed by atoms with Gasteiger partial charge in [-0.2, -0.15) is 0 Å². The molecule has 1 aromatic carbocycles. The summed E-state index contributed by atoms with van der Waals surface area (Å²) in [6.45, 7) is 5.31. The average Bonchev–Trinajstić information content (AvgIpc) is 2.33. The number of rotatable bonds is 8. The third-order valence-corrected chi connectivity index (χ3v) is 2.77. The molecule has 0 aliphatic rings. The molecule has 0 aliphatic heterocycles. The van der Waals surface area contributed by atoms with E-state index in [9.17, 15) is 4.39 Å². The van der Waals surface area contributed by atoms with Gasteiger partial charge in [-0.15, -0.1) is 0 Å². The van der Waals surface area contributed by atoms with Crippen LogP contribution in [-0.2, 0) is 0 Å². The Labute approximate surface area is 104 Å². The van der Waals surface area contributed by atoms with E-state index in [1.54, 1.807) is 12.1 Å². The predicted octanol–water partition coefficient (Wildman–Crippen LogP) is 3.04. The lowest BCUT2D eigenvalue weighted by atomic mass is 10.2. The Morgan fingerprint density at radius 3 is 2.76 bits per heavy atom. The third-order valence-electron chi connectivity index (χ3n) is 2.77. The van der Waals surface area contributed by atoms with Gasteiger partial charge in [-0.25, -0.2) is 4.39 Å². The monoisotopic (exact) mass is 238 g/mol. The van der Waals surface area contributed by atoms with Crippen molar-refractivity contribution in [3.8, 4) is 0 Å². The van der Waals surface area contributed by atoms with Crippen LogP contribution < -0.4 is 10.2 Å². The maximum absolute atomic E-state index is 13.0. The maximum atomic E-state index is 13.0. The molecule has 0 radical (unpaired) electrons. The van der Waals surface area contributed by atoms with Gasteiger partial charge in [-0.3, -0.25) is 0 Å². The topological polar surface area (TPSA) is 15.3 Å². The van der Waals surface area contributed by atoms with Gasteiger partial charge < -0.3 is 10.2 Å². The zero-order valence-electron chi connectivity index (χ0n) is 10.9. The van der Waals surface area contributed by atoms with Crippen molar-refractivity contribution in [2.24, 2.45) is 0 Å². The highest BCUT2D eigenvalue weighted by Crippen LogP contribution is 2.14.